The van der Waals surface area contributed by atoms with E-state index in [1.807, 2.05) is 18.2 Å². The lowest BCUT2D eigenvalue weighted by molar-refractivity contribution is -0.128. The van der Waals surface area contributed by atoms with Crippen molar-refractivity contribution in [1.29, 1.82) is 0 Å². The van der Waals surface area contributed by atoms with Gasteiger partial charge in [-0.3, -0.25) is 9.10 Å². The number of benzene rings is 3. The van der Waals surface area contributed by atoms with Crippen LogP contribution in [0.5, 0.6) is 5.75 Å². The molecule has 0 saturated carbocycles. The second-order valence-corrected chi connectivity index (χ2v) is 11.3. The molecule has 5 rings (SSSR count). The molecule has 0 bridgehead atoms. The van der Waals surface area contributed by atoms with Gasteiger partial charge in [0.2, 0.25) is 0 Å². The van der Waals surface area contributed by atoms with Crippen LogP contribution in [0.3, 0.4) is 0 Å². The number of hydrogen-bond acceptors (Lipinski definition) is 5. The smallest absolute Gasteiger partial charge is 0.264 e. The fraction of sp³-hybridized carbons (Fsp3) is 0.296. The Morgan fingerprint density at radius 2 is 1.67 bits per heavy atom. The van der Waals surface area contributed by atoms with Crippen molar-refractivity contribution in [2.45, 2.75) is 29.3 Å². The molecule has 3 aromatic rings. The van der Waals surface area contributed by atoms with Gasteiger partial charge in [-0.15, -0.1) is 0 Å². The maximum Gasteiger partial charge on any atom is 0.264 e. The van der Waals surface area contributed by atoms with Gasteiger partial charge in [-0.2, -0.15) is 0 Å². The number of carbonyl (C=O) groups excluding carboxylic acids is 1. The second-order valence-electron chi connectivity index (χ2n) is 9.04. The molecule has 2 aliphatic heterocycles. The number of nitrogens with zero attached hydrogens (tertiary/aromatic N) is 1. The SMILES string of the molecule is O=C(NCC1(c2ccccc2)CCOCC1)C1CN(S(=O)(=O)c2ccccc2)c2cc(Cl)ccc2O1. The van der Waals surface area contributed by atoms with Crippen molar-refractivity contribution in [2.75, 3.05) is 30.6 Å². The number of ether oxygens (including phenoxy) is 2. The Morgan fingerprint density at radius 3 is 2.36 bits per heavy atom. The Hall–Kier alpha value is -3.07. The Bertz CT molecular complexity index is 1330. The lowest BCUT2D eigenvalue weighted by Crippen LogP contribution is -2.53. The van der Waals surface area contributed by atoms with E-state index in [0.29, 0.717) is 30.5 Å². The van der Waals surface area contributed by atoms with Crippen LogP contribution in [0.25, 0.3) is 0 Å². The summed E-state index contributed by atoms with van der Waals surface area (Å²) >= 11 is 6.18. The topological polar surface area (TPSA) is 84.9 Å². The molecule has 3 aromatic carbocycles. The van der Waals surface area contributed by atoms with Gasteiger partial charge in [0.25, 0.3) is 15.9 Å². The molecule has 1 fully saturated rings. The molecule has 36 heavy (non-hydrogen) atoms. The summed E-state index contributed by atoms with van der Waals surface area (Å²) in [5, 5.41) is 3.42. The van der Waals surface area contributed by atoms with Crippen LogP contribution in [0.15, 0.2) is 83.8 Å². The van der Waals surface area contributed by atoms with Gasteiger partial charge in [0.15, 0.2) is 6.10 Å². The zero-order chi connectivity index (χ0) is 25.2. The average molecular weight is 527 g/mol. The van der Waals surface area contributed by atoms with Crippen LogP contribution in [0.1, 0.15) is 18.4 Å². The van der Waals surface area contributed by atoms with E-state index in [1.54, 1.807) is 30.3 Å². The third-order valence-corrected chi connectivity index (χ3v) is 8.88. The fourth-order valence-electron chi connectivity index (χ4n) is 4.80. The number of amides is 1. The van der Waals surface area contributed by atoms with E-state index in [2.05, 4.69) is 17.4 Å². The van der Waals surface area contributed by atoms with Crippen molar-refractivity contribution in [1.82, 2.24) is 5.32 Å². The monoisotopic (exact) mass is 526 g/mol. The molecule has 0 radical (unpaired) electrons. The highest BCUT2D eigenvalue weighted by molar-refractivity contribution is 7.92. The molecule has 1 atom stereocenters. The van der Waals surface area contributed by atoms with E-state index in [9.17, 15) is 13.2 Å². The maximum absolute atomic E-state index is 13.6. The first-order chi connectivity index (χ1) is 17.4. The zero-order valence-corrected chi connectivity index (χ0v) is 21.2. The number of anilines is 1. The molecule has 0 spiro atoms. The van der Waals surface area contributed by atoms with E-state index < -0.39 is 16.1 Å². The van der Waals surface area contributed by atoms with E-state index in [-0.39, 0.29) is 28.5 Å². The second kappa shape index (κ2) is 10.1. The van der Waals surface area contributed by atoms with Gasteiger partial charge in [-0.25, -0.2) is 8.42 Å². The molecule has 1 amide bonds. The summed E-state index contributed by atoms with van der Waals surface area (Å²) in [5.74, 6) is -0.0835. The first kappa shape index (κ1) is 24.6. The fourth-order valence-corrected chi connectivity index (χ4v) is 6.45. The van der Waals surface area contributed by atoms with Gasteiger partial charge in [0, 0.05) is 30.2 Å². The highest BCUT2D eigenvalue weighted by Gasteiger charge is 2.40. The van der Waals surface area contributed by atoms with Crippen molar-refractivity contribution in [2.24, 2.45) is 0 Å². The Kier molecular flexibility index (Phi) is 6.92. The quantitative estimate of drug-likeness (QED) is 0.521. The summed E-state index contributed by atoms with van der Waals surface area (Å²) in [6, 6.07) is 23.0. The normalized spacial score (nSPS) is 19.1. The van der Waals surface area contributed by atoms with Gasteiger partial charge in [-0.1, -0.05) is 60.1 Å². The summed E-state index contributed by atoms with van der Waals surface area (Å²) in [4.78, 5) is 13.5. The van der Waals surface area contributed by atoms with E-state index in [0.717, 1.165) is 18.4 Å². The summed E-state index contributed by atoms with van der Waals surface area (Å²) in [6.07, 6.45) is 0.530. The van der Waals surface area contributed by atoms with Crippen LogP contribution in [0, 0.1) is 0 Å². The molecule has 0 aliphatic carbocycles. The van der Waals surface area contributed by atoms with E-state index in [1.165, 1.54) is 22.5 Å². The lowest BCUT2D eigenvalue weighted by atomic mass is 9.74. The number of carbonyl (C=O) groups is 1. The molecule has 1 N–H and O–H groups in total. The summed E-state index contributed by atoms with van der Waals surface area (Å²) < 4.78 is 39.9. The number of fused-ring (bicyclic) bond motifs is 1. The number of hydrogen-bond donors (Lipinski definition) is 1. The average Bonchev–Trinajstić information content (AvgIpc) is 2.92. The summed E-state index contributed by atoms with van der Waals surface area (Å²) in [5.41, 5.74) is 1.19. The first-order valence-electron chi connectivity index (χ1n) is 11.8. The van der Waals surface area contributed by atoms with Crippen molar-refractivity contribution in [3.8, 4) is 5.75 Å². The van der Waals surface area contributed by atoms with Crippen molar-refractivity contribution < 1.29 is 22.7 Å². The third-order valence-electron chi connectivity index (χ3n) is 6.85. The summed E-state index contributed by atoms with van der Waals surface area (Å²) in [6.45, 7) is 1.46. The molecule has 0 aromatic heterocycles. The van der Waals surface area contributed by atoms with Crippen LogP contribution in [0.4, 0.5) is 5.69 Å². The minimum absolute atomic E-state index is 0.127. The van der Waals surface area contributed by atoms with Crippen LogP contribution in [-0.2, 0) is 25.0 Å². The number of nitrogens with one attached hydrogen (secondary N) is 1. The van der Waals surface area contributed by atoms with Gasteiger partial charge >= 0.3 is 0 Å². The van der Waals surface area contributed by atoms with Crippen molar-refractivity contribution in [3.63, 3.8) is 0 Å². The molecule has 1 unspecified atom stereocenters. The first-order valence-corrected chi connectivity index (χ1v) is 13.7. The van der Waals surface area contributed by atoms with Crippen molar-refractivity contribution in [3.05, 3.63) is 89.4 Å². The molecular formula is C27H27ClN2O5S. The van der Waals surface area contributed by atoms with Crippen LogP contribution in [0.2, 0.25) is 5.02 Å². The van der Waals surface area contributed by atoms with Crippen LogP contribution in [-0.4, -0.2) is 46.7 Å². The molecular weight excluding hydrogens is 500 g/mol. The van der Waals surface area contributed by atoms with Gasteiger partial charge in [-0.05, 0) is 48.7 Å². The molecule has 2 heterocycles. The molecule has 7 nitrogen and oxygen atoms in total. The maximum atomic E-state index is 13.6. The molecule has 9 heteroatoms. The number of rotatable bonds is 6. The predicted molar refractivity (Wildman–Crippen MR) is 138 cm³/mol. The third kappa shape index (κ3) is 4.81. The lowest BCUT2D eigenvalue weighted by Gasteiger charge is -2.39. The molecule has 188 valence electrons. The Balaban J connectivity index is 1.41. The Morgan fingerprint density at radius 1 is 1.00 bits per heavy atom. The van der Waals surface area contributed by atoms with Gasteiger partial charge < -0.3 is 14.8 Å². The van der Waals surface area contributed by atoms with Crippen LogP contribution < -0.4 is 14.4 Å². The zero-order valence-electron chi connectivity index (χ0n) is 19.6. The minimum Gasteiger partial charge on any atom is -0.476 e. The van der Waals surface area contributed by atoms with Crippen molar-refractivity contribution >= 4 is 33.2 Å². The molecule has 1 saturated heterocycles. The highest BCUT2D eigenvalue weighted by Crippen LogP contribution is 2.39. The van der Waals surface area contributed by atoms with E-state index >= 15 is 0 Å². The van der Waals surface area contributed by atoms with Crippen LogP contribution >= 0.6 is 11.6 Å². The Labute approximate surface area is 216 Å². The standard InChI is InChI=1S/C27H27ClN2O5S/c28-21-11-12-24-23(17-21)30(36(32,33)22-9-5-2-6-10-22)18-25(35-24)26(31)29-19-27(13-15-34-16-14-27)20-7-3-1-4-8-20/h1-12,17,25H,13-16,18-19H2,(H,29,31). The summed E-state index contributed by atoms with van der Waals surface area (Å²) in [7, 11) is -3.95. The number of halogens is 1. The highest BCUT2D eigenvalue weighted by atomic mass is 35.5. The molecule has 2 aliphatic rings. The minimum atomic E-state index is -3.95. The van der Waals surface area contributed by atoms with Gasteiger partial charge in [0.05, 0.1) is 17.1 Å². The largest absolute Gasteiger partial charge is 0.476 e. The van der Waals surface area contributed by atoms with E-state index in [4.69, 9.17) is 21.1 Å². The number of sulfonamides is 1. The predicted octanol–water partition coefficient (Wildman–Crippen LogP) is 4.16. The van der Waals surface area contributed by atoms with Gasteiger partial charge in [0.1, 0.15) is 5.75 Å².